The first-order valence-electron chi connectivity index (χ1n) is 12.2. The largest absolute Gasteiger partial charge is 0.481 e. The number of benzene rings is 2. The maximum Gasteiger partial charge on any atom is 0.326 e. The van der Waals surface area contributed by atoms with E-state index in [4.69, 9.17) is 5.11 Å². The van der Waals surface area contributed by atoms with Crippen LogP contribution in [0.4, 0.5) is 4.39 Å². The number of fused-ring (bicyclic) bond motifs is 1. The predicted molar refractivity (Wildman–Crippen MR) is 146 cm³/mol. The zero-order valence-corrected chi connectivity index (χ0v) is 22.3. The Bertz CT molecular complexity index is 1380. The molecule has 0 aliphatic carbocycles. The van der Waals surface area contributed by atoms with Crippen LogP contribution in [-0.4, -0.2) is 75.0 Å². The molecule has 2 aromatic carbocycles. The van der Waals surface area contributed by atoms with Gasteiger partial charge in [0.2, 0.25) is 11.8 Å². The number of carboxylic acids is 2. The number of aliphatic carboxylic acids is 2. The van der Waals surface area contributed by atoms with Gasteiger partial charge in [-0.05, 0) is 54.3 Å². The Morgan fingerprint density at radius 3 is 2.20 bits per heavy atom. The number of carbonyl (C=O) groups is 5. The normalized spacial score (nSPS) is 13.2. The molecule has 1 aromatic heterocycles. The van der Waals surface area contributed by atoms with Gasteiger partial charge in [0.15, 0.2) is 0 Å². The Morgan fingerprint density at radius 2 is 1.55 bits per heavy atom. The zero-order valence-electron chi connectivity index (χ0n) is 21.5. The first-order valence-corrected chi connectivity index (χ1v) is 13.6. The third-order valence-electron chi connectivity index (χ3n) is 6.06. The van der Waals surface area contributed by atoms with Gasteiger partial charge in [-0.1, -0.05) is 18.2 Å². The second kappa shape index (κ2) is 14.1. The second-order valence-corrected chi connectivity index (χ2v) is 9.92. The fraction of sp³-hybridized carbons (Fsp3) is 0.296. The van der Waals surface area contributed by atoms with Crippen LogP contribution < -0.4 is 16.0 Å². The van der Waals surface area contributed by atoms with Crippen LogP contribution in [0.2, 0.25) is 0 Å². The summed E-state index contributed by atoms with van der Waals surface area (Å²) in [6.07, 6.45) is 2.79. The molecule has 1 heterocycles. The van der Waals surface area contributed by atoms with E-state index in [9.17, 15) is 33.5 Å². The number of amides is 3. The van der Waals surface area contributed by atoms with E-state index in [1.807, 2.05) is 24.3 Å². The predicted octanol–water partition coefficient (Wildman–Crippen LogP) is 1.93. The van der Waals surface area contributed by atoms with Gasteiger partial charge in [0.05, 0.1) is 6.42 Å². The summed E-state index contributed by atoms with van der Waals surface area (Å²) in [5.74, 6) is -5.29. The molecule has 0 spiro atoms. The number of aromatic amines is 1. The molecule has 3 amide bonds. The van der Waals surface area contributed by atoms with Gasteiger partial charge in [0, 0.05) is 29.1 Å². The second-order valence-electron chi connectivity index (χ2n) is 8.94. The van der Waals surface area contributed by atoms with Crippen molar-refractivity contribution < 1.29 is 38.6 Å². The molecule has 0 aliphatic rings. The van der Waals surface area contributed by atoms with Gasteiger partial charge >= 0.3 is 11.9 Å². The number of hydrogen-bond donors (Lipinski definition) is 6. The average molecular weight is 573 g/mol. The quantitative estimate of drug-likeness (QED) is 0.170. The van der Waals surface area contributed by atoms with Gasteiger partial charge in [-0.25, -0.2) is 9.18 Å². The Morgan fingerprint density at radius 1 is 0.900 bits per heavy atom. The molecule has 0 unspecified atom stereocenters. The number of hydrogen-bond acceptors (Lipinski definition) is 6. The van der Waals surface area contributed by atoms with Crippen molar-refractivity contribution >= 4 is 52.3 Å². The third kappa shape index (κ3) is 8.30. The smallest absolute Gasteiger partial charge is 0.326 e. The van der Waals surface area contributed by atoms with Gasteiger partial charge in [-0.3, -0.25) is 19.2 Å². The van der Waals surface area contributed by atoms with Gasteiger partial charge in [-0.2, -0.15) is 11.8 Å². The number of nitrogens with one attached hydrogen (secondary N) is 4. The molecular formula is C27H29FN4O7S. The molecule has 0 aliphatic heterocycles. The number of aromatic nitrogens is 1. The molecule has 0 saturated carbocycles. The maximum absolute atomic E-state index is 13.5. The van der Waals surface area contributed by atoms with E-state index >= 15 is 0 Å². The lowest BCUT2D eigenvalue weighted by molar-refractivity contribution is -0.147. The summed E-state index contributed by atoms with van der Waals surface area (Å²) in [5.41, 5.74) is 1.65. The first-order chi connectivity index (χ1) is 19.1. The summed E-state index contributed by atoms with van der Waals surface area (Å²) >= 11 is 1.39. The molecule has 13 heteroatoms. The molecule has 3 aromatic rings. The van der Waals surface area contributed by atoms with Gasteiger partial charge in [0.1, 0.15) is 23.9 Å². The Labute approximate surface area is 232 Å². The zero-order chi connectivity index (χ0) is 29.2. The van der Waals surface area contributed by atoms with E-state index in [1.165, 1.54) is 23.9 Å². The topological polar surface area (TPSA) is 178 Å². The molecule has 0 bridgehead atoms. The van der Waals surface area contributed by atoms with Crippen molar-refractivity contribution in [3.63, 3.8) is 0 Å². The first kappa shape index (κ1) is 30.2. The van der Waals surface area contributed by atoms with Crippen molar-refractivity contribution in [2.24, 2.45) is 0 Å². The molecule has 0 radical (unpaired) electrons. The monoisotopic (exact) mass is 572 g/mol. The number of H-pyrrole nitrogens is 1. The summed E-state index contributed by atoms with van der Waals surface area (Å²) in [6.45, 7) is 0. The van der Waals surface area contributed by atoms with Crippen LogP contribution in [0.3, 0.4) is 0 Å². The lowest BCUT2D eigenvalue weighted by Gasteiger charge is -2.24. The number of carbonyl (C=O) groups excluding carboxylic acids is 3. The van der Waals surface area contributed by atoms with Crippen molar-refractivity contribution in [3.05, 3.63) is 71.7 Å². The van der Waals surface area contributed by atoms with Crippen LogP contribution in [0.1, 0.15) is 28.8 Å². The van der Waals surface area contributed by atoms with E-state index in [2.05, 4.69) is 20.9 Å². The summed E-state index contributed by atoms with van der Waals surface area (Å²) in [5, 5.41) is 26.5. The molecular weight excluding hydrogens is 543 g/mol. The van der Waals surface area contributed by atoms with Crippen molar-refractivity contribution in [1.82, 2.24) is 20.9 Å². The third-order valence-corrected chi connectivity index (χ3v) is 6.71. The molecule has 40 heavy (non-hydrogen) atoms. The number of para-hydroxylation sites is 1. The van der Waals surface area contributed by atoms with Crippen LogP contribution in [0.25, 0.3) is 10.9 Å². The summed E-state index contributed by atoms with van der Waals surface area (Å²) in [7, 11) is 0. The average Bonchev–Trinajstić information content (AvgIpc) is 3.32. The molecule has 11 nitrogen and oxygen atoms in total. The van der Waals surface area contributed by atoms with Crippen LogP contribution in [0, 0.1) is 5.82 Å². The Kier molecular flexibility index (Phi) is 10.6. The summed E-state index contributed by atoms with van der Waals surface area (Å²) in [4.78, 5) is 65.0. The highest BCUT2D eigenvalue weighted by atomic mass is 32.2. The number of thioether (sulfide) groups is 1. The maximum atomic E-state index is 13.5. The van der Waals surface area contributed by atoms with Gasteiger partial charge in [0.25, 0.3) is 5.91 Å². The van der Waals surface area contributed by atoms with Gasteiger partial charge < -0.3 is 31.1 Å². The number of carboxylic acid groups (broad SMARTS) is 2. The Hall–Kier alpha value is -4.39. The lowest BCUT2D eigenvalue weighted by Crippen LogP contribution is -2.56. The van der Waals surface area contributed by atoms with E-state index < -0.39 is 60.0 Å². The summed E-state index contributed by atoms with van der Waals surface area (Å²) < 4.78 is 13.4. The lowest BCUT2D eigenvalue weighted by atomic mass is 10.0. The minimum atomic E-state index is -1.70. The fourth-order valence-corrected chi connectivity index (χ4v) is 4.47. The van der Waals surface area contributed by atoms with E-state index in [0.717, 1.165) is 23.0 Å². The molecule has 0 fully saturated rings. The van der Waals surface area contributed by atoms with Crippen LogP contribution in [0.15, 0.2) is 54.7 Å². The number of rotatable bonds is 14. The highest BCUT2D eigenvalue weighted by Crippen LogP contribution is 2.19. The molecule has 0 saturated heterocycles. The van der Waals surface area contributed by atoms with Crippen LogP contribution >= 0.6 is 11.8 Å². The van der Waals surface area contributed by atoms with Crippen molar-refractivity contribution in [3.8, 4) is 0 Å². The summed E-state index contributed by atoms with van der Waals surface area (Å²) in [6, 6.07) is 8.06. The standard InChI is InChI=1S/C27H29FN4O7S/c1-40-11-10-20(25(36)32-22(27(38)39)13-23(33)34)30-26(37)21(31-24(35)15-6-8-17(28)9-7-15)12-16-14-29-19-5-3-2-4-18(16)19/h2-9,14,20-22,29H,10-13H2,1H3,(H,30,37)(H,31,35)(H,32,36)(H,33,34)(H,38,39)/t20-,21-,22-/m0/s1. The highest BCUT2D eigenvalue weighted by Gasteiger charge is 2.31. The molecule has 3 atom stereocenters. The SMILES string of the molecule is CSCC[C@H](NC(=O)[C@H](Cc1c[nH]c2ccccc12)NC(=O)c1ccc(F)cc1)C(=O)N[C@@H](CC(=O)O)C(=O)O. The molecule has 3 rings (SSSR count). The van der Waals surface area contributed by atoms with Crippen molar-refractivity contribution in [1.29, 1.82) is 0 Å². The van der Waals surface area contributed by atoms with Crippen LogP contribution in [0.5, 0.6) is 0 Å². The molecule has 212 valence electrons. The van der Waals surface area contributed by atoms with E-state index in [0.29, 0.717) is 11.3 Å². The van der Waals surface area contributed by atoms with Crippen molar-refractivity contribution in [2.75, 3.05) is 12.0 Å². The van der Waals surface area contributed by atoms with Crippen molar-refractivity contribution in [2.45, 2.75) is 37.4 Å². The minimum Gasteiger partial charge on any atom is -0.481 e. The van der Waals surface area contributed by atoms with E-state index in [1.54, 1.807) is 12.5 Å². The number of halogens is 1. The van der Waals surface area contributed by atoms with Gasteiger partial charge in [-0.15, -0.1) is 0 Å². The highest BCUT2D eigenvalue weighted by molar-refractivity contribution is 7.98. The van der Waals surface area contributed by atoms with E-state index in [-0.39, 0.29) is 18.4 Å². The molecule has 6 N–H and O–H groups in total. The minimum absolute atomic E-state index is 0.0381. The Balaban J connectivity index is 1.85. The van der Waals surface area contributed by atoms with Crippen LogP contribution in [-0.2, 0) is 25.6 Å². The fourth-order valence-electron chi connectivity index (χ4n) is 4.00.